The van der Waals surface area contributed by atoms with Crippen LogP contribution >= 0.6 is 0 Å². The number of nitrogens with zero attached hydrogens (tertiary/aromatic N) is 1. The predicted octanol–water partition coefficient (Wildman–Crippen LogP) is -1.74. The van der Waals surface area contributed by atoms with E-state index in [9.17, 15) is 0 Å². The number of aromatic nitrogens is 1. The first-order valence-corrected chi connectivity index (χ1v) is 6.63. The third kappa shape index (κ3) is 5.56. The number of rotatable bonds is 4. The number of aryl methyl sites for hydroxylation is 2. The first kappa shape index (κ1) is 20.8. The van der Waals surface area contributed by atoms with Crippen molar-refractivity contribution in [2.24, 2.45) is 0 Å². The zero-order valence-corrected chi connectivity index (χ0v) is 14.7. The van der Waals surface area contributed by atoms with Crippen molar-refractivity contribution in [3.63, 3.8) is 0 Å². The largest absolute Gasteiger partial charge is 3.00 e. The Morgan fingerprint density at radius 1 is 0.818 bits per heavy atom. The molecule has 0 aliphatic carbocycles. The van der Waals surface area contributed by atoms with E-state index in [1.807, 2.05) is 18.3 Å². The van der Waals surface area contributed by atoms with E-state index in [1.54, 1.807) is 0 Å². The van der Waals surface area contributed by atoms with Crippen LogP contribution in [0.15, 0.2) is 72.9 Å². The van der Waals surface area contributed by atoms with Gasteiger partial charge in [-0.05, 0) is 18.6 Å². The molecule has 0 amide bonds. The molecule has 4 heteroatoms. The normalized spacial score (nSPS) is 9.09. The molecule has 0 atom stereocenters. The summed E-state index contributed by atoms with van der Waals surface area (Å²) in [6.45, 7) is 0. The van der Waals surface area contributed by atoms with Gasteiger partial charge >= 0.3 is 17.4 Å². The van der Waals surface area contributed by atoms with Crippen LogP contribution in [0.1, 0.15) is 11.3 Å². The van der Waals surface area contributed by atoms with Crippen LogP contribution in [-0.4, -0.2) is 4.98 Å². The number of pyridine rings is 1. The van der Waals surface area contributed by atoms with Gasteiger partial charge in [-0.25, -0.2) is 6.07 Å². The molecule has 1 nitrogen and oxygen atoms in total. The van der Waals surface area contributed by atoms with Crippen molar-refractivity contribution in [1.82, 2.24) is 4.98 Å². The summed E-state index contributed by atoms with van der Waals surface area (Å²) in [6.07, 6.45) is 3.90. The van der Waals surface area contributed by atoms with Crippen molar-refractivity contribution in [3.8, 4) is 11.1 Å². The van der Waals surface area contributed by atoms with Crippen LogP contribution < -0.4 is 24.8 Å². The van der Waals surface area contributed by atoms with E-state index in [-0.39, 0.29) is 42.2 Å². The van der Waals surface area contributed by atoms with Crippen LogP contribution in [0.4, 0.5) is 0 Å². The summed E-state index contributed by atoms with van der Waals surface area (Å²) in [5, 5.41) is 0. The Balaban J connectivity index is 0.00000147. The van der Waals surface area contributed by atoms with Crippen LogP contribution in [-0.2, 0) is 30.2 Å². The van der Waals surface area contributed by atoms with Crippen LogP contribution in [0.2, 0.25) is 0 Å². The maximum absolute atomic E-state index is 4.36. The Bertz CT molecular complexity index is 638. The van der Waals surface area contributed by atoms with Gasteiger partial charge in [-0.15, -0.1) is 0 Å². The Hall–Kier alpha value is -1.17. The molecule has 0 fully saturated rings. The molecule has 1 heterocycles. The van der Waals surface area contributed by atoms with Gasteiger partial charge in [-0.3, -0.25) is 4.98 Å². The Morgan fingerprint density at radius 2 is 1.55 bits per heavy atom. The smallest absolute Gasteiger partial charge is 1.00 e. The van der Waals surface area contributed by atoms with Crippen LogP contribution in [0.25, 0.3) is 11.1 Å². The van der Waals surface area contributed by atoms with Gasteiger partial charge in [0, 0.05) is 11.9 Å². The molecule has 0 bridgehead atoms. The Labute approximate surface area is 155 Å². The minimum Gasteiger partial charge on any atom is -1.00 e. The molecule has 0 unspecified atom stereocenters. The molecule has 1 radical (unpaired) electrons. The third-order valence-corrected chi connectivity index (χ3v) is 3.32. The summed E-state index contributed by atoms with van der Waals surface area (Å²) in [6, 6.07) is 23.3. The molecule has 0 N–H and O–H groups in total. The molecular weight excluding hydrogens is 353 g/mol. The molecule has 0 spiro atoms. The third-order valence-electron chi connectivity index (χ3n) is 3.32. The van der Waals surface area contributed by atoms with E-state index in [4.69, 9.17) is 0 Å². The average Bonchev–Trinajstić information content (AvgIpc) is 2.96. The van der Waals surface area contributed by atoms with Crippen molar-refractivity contribution >= 4 is 0 Å². The summed E-state index contributed by atoms with van der Waals surface area (Å²) in [7, 11) is 0. The molecule has 113 valence electrons. The molecule has 3 aromatic rings. The monoisotopic (exact) mass is 368 g/mol. The molecule has 0 aliphatic rings. The van der Waals surface area contributed by atoms with Gasteiger partial charge in [0.05, 0.1) is 0 Å². The van der Waals surface area contributed by atoms with Gasteiger partial charge in [0.1, 0.15) is 0 Å². The van der Waals surface area contributed by atoms with Crippen molar-refractivity contribution in [2.75, 3.05) is 0 Å². The van der Waals surface area contributed by atoms with Crippen molar-refractivity contribution in [2.45, 2.75) is 12.8 Å². The molecule has 22 heavy (non-hydrogen) atoms. The summed E-state index contributed by atoms with van der Waals surface area (Å²) in [5.41, 5.74) is 5.12. The second-order valence-electron chi connectivity index (χ2n) is 4.70. The fraction of sp³-hybridized carbons (Fsp3) is 0.111. The maximum atomic E-state index is 4.36. The second-order valence-corrected chi connectivity index (χ2v) is 4.70. The zero-order valence-electron chi connectivity index (χ0n) is 12.0. The number of hydrogen-bond donors (Lipinski definition) is 0. The summed E-state index contributed by atoms with van der Waals surface area (Å²) < 4.78 is 0. The summed E-state index contributed by atoms with van der Waals surface area (Å²) in [5.74, 6) is 0. The van der Waals surface area contributed by atoms with E-state index < -0.39 is 0 Å². The van der Waals surface area contributed by atoms with E-state index in [2.05, 4.69) is 59.6 Å². The summed E-state index contributed by atoms with van der Waals surface area (Å²) >= 11 is 0. The molecular formula is C18H16Cl2CrN. The van der Waals surface area contributed by atoms with E-state index >= 15 is 0 Å². The van der Waals surface area contributed by atoms with E-state index in [1.165, 1.54) is 16.7 Å². The minimum atomic E-state index is 0. The fourth-order valence-electron chi connectivity index (χ4n) is 2.28. The molecule has 0 aliphatic heterocycles. The van der Waals surface area contributed by atoms with Crippen LogP contribution in [0.3, 0.4) is 0 Å². The Morgan fingerprint density at radius 3 is 2.23 bits per heavy atom. The fourth-order valence-corrected chi connectivity index (χ4v) is 2.28. The Kier molecular flexibility index (Phi) is 9.98. The predicted molar refractivity (Wildman–Crippen MR) is 79.1 cm³/mol. The molecule has 0 saturated carbocycles. The number of hydrogen-bond acceptors (Lipinski definition) is 1. The number of halogens is 2. The van der Waals surface area contributed by atoms with E-state index in [0.717, 1.165) is 18.5 Å². The zero-order chi connectivity index (χ0) is 12.9. The maximum Gasteiger partial charge on any atom is 3.00 e. The molecule has 2 aromatic carbocycles. The minimum absolute atomic E-state index is 0. The van der Waals surface area contributed by atoms with Gasteiger partial charge in [-0.2, -0.15) is 23.3 Å². The molecule has 0 saturated heterocycles. The van der Waals surface area contributed by atoms with Crippen molar-refractivity contribution in [1.29, 1.82) is 0 Å². The van der Waals surface area contributed by atoms with Gasteiger partial charge in [0.15, 0.2) is 0 Å². The van der Waals surface area contributed by atoms with Crippen molar-refractivity contribution < 1.29 is 42.2 Å². The quantitative estimate of drug-likeness (QED) is 0.498. The second kappa shape index (κ2) is 10.5. The number of benzene rings is 1. The van der Waals surface area contributed by atoms with Crippen LogP contribution in [0.5, 0.6) is 0 Å². The van der Waals surface area contributed by atoms with Gasteiger partial charge < -0.3 is 24.8 Å². The van der Waals surface area contributed by atoms with Gasteiger partial charge in [-0.1, -0.05) is 48.4 Å². The van der Waals surface area contributed by atoms with Gasteiger partial charge in [0.25, 0.3) is 0 Å². The van der Waals surface area contributed by atoms with E-state index in [0.29, 0.717) is 0 Å². The molecule has 3 rings (SSSR count). The van der Waals surface area contributed by atoms with Crippen LogP contribution in [0, 0.1) is 0 Å². The van der Waals surface area contributed by atoms with Crippen molar-refractivity contribution in [3.05, 3.63) is 84.2 Å². The standard InChI is InChI=1S/C18H16N.2ClH.Cr/c1-2-6-16(7-3-1)17-11-9-15(14-17)10-12-18-8-4-5-13-19-18;;;/h1-9,11,13-14H,10,12H2;2*1H;/q-1;;;+3/p-2. The topological polar surface area (TPSA) is 12.9 Å². The first-order valence-electron chi connectivity index (χ1n) is 6.63. The van der Waals surface area contributed by atoms with Gasteiger partial charge in [0.2, 0.25) is 0 Å². The average molecular weight is 369 g/mol. The summed E-state index contributed by atoms with van der Waals surface area (Å²) in [4.78, 5) is 4.36. The molecule has 1 aromatic heterocycles. The SMILES string of the molecule is [Cl-].[Cl-].[Cr+3].c1ccc(-c2cc[c-](CCc3ccccn3)c2)cc1. The first-order chi connectivity index (χ1) is 9.42.